The number of amides is 1. The lowest BCUT2D eigenvalue weighted by molar-refractivity contribution is -0.134. The van der Waals surface area contributed by atoms with Gasteiger partial charge in [0.15, 0.2) is 0 Å². The van der Waals surface area contributed by atoms with Gasteiger partial charge in [0.05, 0.1) is 11.9 Å². The first-order valence-electron chi connectivity index (χ1n) is 8.24. The number of nitrogens with two attached hydrogens (primary N) is 1. The highest BCUT2D eigenvalue weighted by Crippen LogP contribution is 2.19. The van der Waals surface area contributed by atoms with Crippen molar-refractivity contribution in [3.05, 3.63) is 31.0 Å². The lowest BCUT2D eigenvalue weighted by atomic mass is 10.1. The smallest absolute Gasteiger partial charge is 0.247 e. The summed E-state index contributed by atoms with van der Waals surface area (Å²) in [5.41, 5.74) is 6.57. The van der Waals surface area contributed by atoms with Gasteiger partial charge < -0.3 is 16.0 Å². The van der Waals surface area contributed by atoms with Gasteiger partial charge in [-0.15, -0.1) is 0 Å². The standard InChI is InChI=1S/C16H23N7O/c1-12(23-11-18-10-20-23)16(24)22-7-2-3-13(6-8-22)21-14-4-5-15(17)19-9-14/h4-5,9-13,21H,2-3,6-8H2,1H3,(H2,17,19)/t12-,13-/m0/s1. The van der Waals surface area contributed by atoms with E-state index in [1.54, 1.807) is 23.3 Å². The average Bonchev–Trinajstić information content (AvgIpc) is 3.03. The van der Waals surface area contributed by atoms with Crippen LogP contribution in [0.5, 0.6) is 0 Å². The van der Waals surface area contributed by atoms with Crippen molar-refractivity contribution in [1.29, 1.82) is 0 Å². The number of carbonyl (C=O) groups excluding carboxylic acids is 1. The number of nitrogen functional groups attached to an aromatic ring is 1. The summed E-state index contributed by atoms with van der Waals surface area (Å²) < 4.78 is 1.60. The highest BCUT2D eigenvalue weighted by molar-refractivity contribution is 5.80. The molecule has 24 heavy (non-hydrogen) atoms. The van der Waals surface area contributed by atoms with Gasteiger partial charge in [0, 0.05) is 19.1 Å². The van der Waals surface area contributed by atoms with Crippen molar-refractivity contribution < 1.29 is 4.79 Å². The molecule has 1 amide bonds. The number of nitrogens with zero attached hydrogens (tertiary/aromatic N) is 5. The summed E-state index contributed by atoms with van der Waals surface area (Å²) in [4.78, 5) is 22.6. The van der Waals surface area contributed by atoms with Crippen LogP contribution < -0.4 is 11.1 Å². The first-order valence-corrected chi connectivity index (χ1v) is 8.24. The van der Waals surface area contributed by atoms with E-state index < -0.39 is 0 Å². The Kier molecular flexibility index (Phi) is 4.93. The van der Waals surface area contributed by atoms with Gasteiger partial charge in [0.1, 0.15) is 24.5 Å². The number of nitrogens with one attached hydrogen (secondary N) is 1. The highest BCUT2D eigenvalue weighted by Gasteiger charge is 2.25. The molecule has 1 aliphatic heterocycles. The van der Waals surface area contributed by atoms with Gasteiger partial charge in [-0.3, -0.25) is 4.79 Å². The molecular weight excluding hydrogens is 306 g/mol. The van der Waals surface area contributed by atoms with Crippen molar-refractivity contribution in [2.24, 2.45) is 0 Å². The zero-order chi connectivity index (χ0) is 16.9. The van der Waals surface area contributed by atoms with Crippen LogP contribution in [-0.4, -0.2) is 49.7 Å². The maximum atomic E-state index is 12.6. The number of anilines is 2. The number of hydrogen-bond donors (Lipinski definition) is 2. The van der Waals surface area contributed by atoms with Gasteiger partial charge >= 0.3 is 0 Å². The number of hydrogen-bond acceptors (Lipinski definition) is 6. The topological polar surface area (TPSA) is 102 Å². The molecule has 0 bridgehead atoms. The Labute approximate surface area is 141 Å². The van der Waals surface area contributed by atoms with E-state index in [1.165, 1.54) is 6.33 Å². The quantitative estimate of drug-likeness (QED) is 0.877. The van der Waals surface area contributed by atoms with Crippen LogP contribution in [-0.2, 0) is 4.79 Å². The summed E-state index contributed by atoms with van der Waals surface area (Å²) in [7, 11) is 0. The molecule has 0 saturated carbocycles. The maximum Gasteiger partial charge on any atom is 0.247 e. The Bertz CT molecular complexity index is 656. The third-order valence-electron chi connectivity index (χ3n) is 4.39. The van der Waals surface area contributed by atoms with Crippen LogP contribution in [0.25, 0.3) is 0 Å². The van der Waals surface area contributed by atoms with Crippen LogP contribution in [0.3, 0.4) is 0 Å². The lowest BCUT2D eigenvalue weighted by Crippen LogP contribution is -2.37. The molecule has 0 unspecified atom stereocenters. The molecule has 0 spiro atoms. The second kappa shape index (κ2) is 7.29. The van der Waals surface area contributed by atoms with Gasteiger partial charge in [0.25, 0.3) is 0 Å². The zero-order valence-electron chi connectivity index (χ0n) is 13.8. The van der Waals surface area contributed by atoms with Crippen LogP contribution in [0.15, 0.2) is 31.0 Å². The van der Waals surface area contributed by atoms with Crippen LogP contribution in [0.4, 0.5) is 11.5 Å². The molecule has 3 N–H and O–H groups in total. The normalized spacial score (nSPS) is 19.5. The molecule has 128 valence electrons. The predicted octanol–water partition coefficient (Wildman–Crippen LogP) is 1.31. The van der Waals surface area contributed by atoms with Crippen LogP contribution in [0.2, 0.25) is 0 Å². The number of carbonyl (C=O) groups is 1. The Hall–Kier alpha value is -2.64. The van der Waals surface area contributed by atoms with Crippen molar-refractivity contribution in [3.63, 3.8) is 0 Å². The van der Waals surface area contributed by atoms with E-state index in [0.717, 1.165) is 38.0 Å². The van der Waals surface area contributed by atoms with Gasteiger partial charge in [-0.1, -0.05) is 0 Å². The lowest BCUT2D eigenvalue weighted by Gasteiger charge is -2.24. The summed E-state index contributed by atoms with van der Waals surface area (Å²) in [6.45, 7) is 3.37. The Morgan fingerprint density at radius 3 is 2.96 bits per heavy atom. The average molecular weight is 329 g/mol. The number of likely N-dealkylation sites (tertiary alicyclic amines) is 1. The van der Waals surface area contributed by atoms with Crippen LogP contribution >= 0.6 is 0 Å². The van der Waals surface area contributed by atoms with E-state index in [-0.39, 0.29) is 11.9 Å². The molecule has 0 aliphatic carbocycles. The molecule has 0 radical (unpaired) electrons. The van der Waals surface area contributed by atoms with E-state index in [4.69, 9.17) is 5.73 Å². The second-order valence-electron chi connectivity index (χ2n) is 6.12. The van der Waals surface area contributed by atoms with Gasteiger partial charge in [-0.05, 0) is 38.3 Å². The van der Waals surface area contributed by atoms with Crippen molar-refractivity contribution in [2.75, 3.05) is 24.1 Å². The van der Waals surface area contributed by atoms with Gasteiger partial charge in [0.2, 0.25) is 5.91 Å². The fourth-order valence-electron chi connectivity index (χ4n) is 2.98. The molecule has 1 aliphatic rings. The summed E-state index contributed by atoms with van der Waals surface area (Å²) in [6, 6.07) is 3.73. The molecule has 8 heteroatoms. The second-order valence-corrected chi connectivity index (χ2v) is 6.12. The minimum Gasteiger partial charge on any atom is -0.384 e. The SMILES string of the molecule is C[C@@H](C(=O)N1CCC[C@H](Nc2ccc(N)nc2)CC1)n1cncn1. The Morgan fingerprint density at radius 2 is 2.25 bits per heavy atom. The summed E-state index contributed by atoms with van der Waals surface area (Å²) in [5, 5.41) is 7.54. The fraction of sp³-hybridized carbons (Fsp3) is 0.500. The minimum atomic E-state index is -0.321. The van der Waals surface area contributed by atoms with Crippen molar-refractivity contribution >= 4 is 17.4 Å². The third kappa shape index (κ3) is 3.81. The first kappa shape index (κ1) is 16.2. The number of rotatable bonds is 4. The molecule has 8 nitrogen and oxygen atoms in total. The molecule has 2 aromatic heterocycles. The molecular formula is C16H23N7O. The third-order valence-corrected chi connectivity index (χ3v) is 4.39. The van der Waals surface area contributed by atoms with Crippen molar-refractivity contribution in [2.45, 2.75) is 38.3 Å². The van der Waals surface area contributed by atoms with E-state index in [1.807, 2.05) is 17.9 Å². The fourth-order valence-corrected chi connectivity index (χ4v) is 2.98. The monoisotopic (exact) mass is 329 g/mol. The largest absolute Gasteiger partial charge is 0.384 e. The van der Waals surface area contributed by atoms with Gasteiger partial charge in [-0.2, -0.15) is 5.10 Å². The van der Waals surface area contributed by atoms with E-state index in [0.29, 0.717) is 11.9 Å². The number of pyridine rings is 1. The Balaban J connectivity index is 1.56. The van der Waals surface area contributed by atoms with Crippen LogP contribution in [0.1, 0.15) is 32.2 Å². The van der Waals surface area contributed by atoms with Crippen molar-refractivity contribution in [1.82, 2.24) is 24.6 Å². The minimum absolute atomic E-state index is 0.0929. The molecule has 2 aromatic rings. The van der Waals surface area contributed by atoms with Crippen molar-refractivity contribution in [3.8, 4) is 0 Å². The van der Waals surface area contributed by atoms with Crippen LogP contribution in [0, 0.1) is 0 Å². The molecule has 2 atom stereocenters. The molecule has 0 aromatic carbocycles. The molecule has 1 saturated heterocycles. The highest BCUT2D eigenvalue weighted by atomic mass is 16.2. The molecule has 3 rings (SSSR count). The summed E-state index contributed by atoms with van der Waals surface area (Å²) in [6.07, 6.45) is 7.67. The zero-order valence-corrected chi connectivity index (χ0v) is 13.8. The summed E-state index contributed by atoms with van der Waals surface area (Å²) >= 11 is 0. The molecule has 1 fully saturated rings. The van der Waals surface area contributed by atoms with E-state index in [2.05, 4.69) is 20.4 Å². The molecule has 3 heterocycles. The Morgan fingerprint density at radius 1 is 1.38 bits per heavy atom. The predicted molar refractivity (Wildman–Crippen MR) is 91.2 cm³/mol. The number of aromatic nitrogens is 4. The van der Waals surface area contributed by atoms with E-state index >= 15 is 0 Å². The first-order chi connectivity index (χ1) is 11.6. The summed E-state index contributed by atoms with van der Waals surface area (Å²) in [5.74, 6) is 0.607. The van der Waals surface area contributed by atoms with E-state index in [9.17, 15) is 4.79 Å². The van der Waals surface area contributed by atoms with Gasteiger partial charge in [-0.25, -0.2) is 14.6 Å². The maximum absolute atomic E-state index is 12.6.